The Kier molecular flexibility index (Phi) is 2.41. The molecule has 2 rings (SSSR count). The van der Waals surface area contributed by atoms with E-state index < -0.39 is 0 Å². The predicted molar refractivity (Wildman–Crippen MR) is 58.2 cm³/mol. The maximum atomic E-state index is 10.1. The molecule has 0 saturated carbocycles. The molecule has 0 aliphatic heterocycles. The quantitative estimate of drug-likeness (QED) is 0.662. The number of aromatic hydroxyl groups is 1. The molecule has 0 spiro atoms. The summed E-state index contributed by atoms with van der Waals surface area (Å²) in [6, 6.07) is 7.33. The number of carbonyl (C=O) groups is 1. The van der Waals surface area contributed by atoms with Gasteiger partial charge in [-0.3, -0.25) is 4.79 Å². The summed E-state index contributed by atoms with van der Waals surface area (Å²) >= 11 is 0. The number of benzene rings is 1. The van der Waals surface area contributed by atoms with Gasteiger partial charge in [0.1, 0.15) is 0 Å². The Morgan fingerprint density at radius 2 is 2.27 bits per heavy atom. The molecule has 3 N–H and O–H groups in total. The van der Waals surface area contributed by atoms with Crippen LogP contribution in [0, 0.1) is 0 Å². The Morgan fingerprint density at radius 3 is 3.07 bits per heavy atom. The van der Waals surface area contributed by atoms with Gasteiger partial charge in [0.25, 0.3) is 0 Å². The molecular weight excluding hydrogens is 192 g/mol. The maximum Gasteiger partial charge on any atom is 0.211 e. The van der Waals surface area contributed by atoms with Crippen molar-refractivity contribution in [2.75, 3.05) is 0 Å². The SMILES string of the molecule is O=CNC=Cc1cccc2cc(O)[nH]c12. The van der Waals surface area contributed by atoms with Crippen molar-refractivity contribution in [1.82, 2.24) is 10.3 Å². The Hall–Kier alpha value is -2.23. The number of hydrogen-bond acceptors (Lipinski definition) is 2. The van der Waals surface area contributed by atoms with Gasteiger partial charge in [0.2, 0.25) is 6.41 Å². The highest BCUT2D eigenvalue weighted by Gasteiger charge is 2.01. The lowest BCUT2D eigenvalue weighted by Gasteiger charge is -1.95. The van der Waals surface area contributed by atoms with Crippen molar-refractivity contribution in [3.8, 4) is 5.88 Å². The number of para-hydroxylation sites is 1. The zero-order valence-electron chi connectivity index (χ0n) is 7.90. The molecule has 4 heteroatoms. The molecule has 1 amide bonds. The van der Waals surface area contributed by atoms with E-state index in [1.807, 2.05) is 18.2 Å². The lowest BCUT2D eigenvalue weighted by molar-refractivity contribution is -0.108. The second-order valence-electron chi connectivity index (χ2n) is 3.08. The van der Waals surface area contributed by atoms with E-state index in [1.54, 1.807) is 18.3 Å². The number of nitrogens with one attached hydrogen (secondary N) is 2. The molecule has 0 fully saturated rings. The van der Waals surface area contributed by atoms with E-state index in [9.17, 15) is 9.90 Å². The van der Waals surface area contributed by atoms with Gasteiger partial charge >= 0.3 is 0 Å². The molecule has 2 aromatic rings. The first-order valence-electron chi connectivity index (χ1n) is 4.48. The van der Waals surface area contributed by atoms with Crippen LogP contribution in [0.4, 0.5) is 0 Å². The average Bonchev–Trinajstić information content (AvgIpc) is 2.59. The Balaban J connectivity index is 2.45. The van der Waals surface area contributed by atoms with Crippen molar-refractivity contribution in [3.05, 3.63) is 36.0 Å². The van der Waals surface area contributed by atoms with E-state index in [4.69, 9.17) is 0 Å². The molecule has 0 aliphatic rings. The molecule has 4 nitrogen and oxygen atoms in total. The van der Waals surface area contributed by atoms with Gasteiger partial charge in [-0.25, -0.2) is 0 Å². The largest absolute Gasteiger partial charge is 0.495 e. The second kappa shape index (κ2) is 3.88. The first-order chi connectivity index (χ1) is 7.31. The Bertz CT molecular complexity index is 514. The Morgan fingerprint density at radius 1 is 1.40 bits per heavy atom. The van der Waals surface area contributed by atoms with Crippen LogP contribution in [-0.2, 0) is 4.79 Å². The first-order valence-corrected chi connectivity index (χ1v) is 4.48. The summed E-state index contributed by atoms with van der Waals surface area (Å²) < 4.78 is 0. The number of aromatic nitrogens is 1. The topological polar surface area (TPSA) is 65.1 Å². The highest BCUT2D eigenvalue weighted by molar-refractivity contribution is 5.89. The van der Waals surface area contributed by atoms with E-state index in [0.717, 1.165) is 16.5 Å². The minimum atomic E-state index is 0.134. The van der Waals surface area contributed by atoms with Gasteiger partial charge in [-0.05, 0) is 6.08 Å². The number of amides is 1. The minimum Gasteiger partial charge on any atom is -0.495 e. The fourth-order valence-electron chi connectivity index (χ4n) is 1.48. The highest BCUT2D eigenvalue weighted by atomic mass is 16.3. The van der Waals surface area contributed by atoms with Crippen LogP contribution < -0.4 is 5.32 Å². The van der Waals surface area contributed by atoms with E-state index in [1.165, 1.54) is 0 Å². The fraction of sp³-hybridized carbons (Fsp3) is 0. The van der Waals surface area contributed by atoms with Gasteiger partial charge in [-0.15, -0.1) is 0 Å². The number of carbonyl (C=O) groups excluding carboxylic acids is 1. The third-order valence-electron chi connectivity index (χ3n) is 2.10. The highest BCUT2D eigenvalue weighted by Crippen LogP contribution is 2.23. The fourth-order valence-corrected chi connectivity index (χ4v) is 1.48. The number of rotatable bonds is 3. The van der Waals surface area contributed by atoms with Crippen LogP contribution in [0.15, 0.2) is 30.5 Å². The van der Waals surface area contributed by atoms with Crippen LogP contribution in [-0.4, -0.2) is 16.5 Å². The van der Waals surface area contributed by atoms with Crippen molar-refractivity contribution >= 4 is 23.4 Å². The number of fused-ring (bicyclic) bond motifs is 1. The number of hydrogen-bond donors (Lipinski definition) is 3. The van der Waals surface area contributed by atoms with E-state index >= 15 is 0 Å². The molecule has 0 unspecified atom stereocenters. The zero-order chi connectivity index (χ0) is 10.7. The van der Waals surface area contributed by atoms with Crippen LogP contribution in [0.3, 0.4) is 0 Å². The third kappa shape index (κ3) is 1.83. The second-order valence-corrected chi connectivity index (χ2v) is 3.08. The van der Waals surface area contributed by atoms with Crippen LogP contribution in [0.1, 0.15) is 5.56 Å². The van der Waals surface area contributed by atoms with Crippen molar-refractivity contribution in [2.24, 2.45) is 0 Å². The van der Waals surface area contributed by atoms with E-state index in [0.29, 0.717) is 6.41 Å². The predicted octanol–water partition coefficient (Wildman–Crippen LogP) is 1.59. The van der Waals surface area contributed by atoms with Crippen molar-refractivity contribution in [1.29, 1.82) is 0 Å². The summed E-state index contributed by atoms with van der Waals surface area (Å²) in [5.74, 6) is 0.134. The van der Waals surface area contributed by atoms with Gasteiger partial charge in [0.05, 0.1) is 5.52 Å². The molecule has 0 aliphatic carbocycles. The molecule has 15 heavy (non-hydrogen) atoms. The number of aromatic amines is 1. The molecular formula is C11H10N2O2. The summed E-state index contributed by atoms with van der Waals surface area (Å²) in [7, 11) is 0. The van der Waals surface area contributed by atoms with E-state index in [2.05, 4.69) is 10.3 Å². The van der Waals surface area contributed by atoms with Crippen LogP contribution >= 0.6 is 0 Å². The number of H-pyrrole nitrogens is 1. The van der Waals surface area contributed by atoms with Gasteiger partial charge in [-0.2, -0.15) is 0 Å². The molecule has 0 saturated heterocycles. The monoisotopic (exact) mass is 202 g/mol. The summed E-state index contributed by atoms with van der Waals surface area (Å²) in [6.07, 6.45) is 3.90. The normalized spacial score (nSPS) is 10.9. The summed E-state index contributed by atoms with van der Waals surface area (Å²) in [4.78, 5) is 12.9. The average molecular weight is 202 g/mol. The molecule has 0 atom stereocenters. The van der Waals surface area contributed by atoms with Crippen LogP contribution in [0.25, 0.3) is 17.0 Å². The van der Waals surface area contributed by atoms with Crippen LogP contribution in [0.2, 0.25) is 0 Å². The zero-order valence-corrected chi connectivity index (χ0v) is 7.90. The van der Waals surface area contributed by atoms with Gasteiger partial charge in [0, 0.05) is 23.2 Å². The van der Waals surface area contributed by atoms with Crippen molar-refractivity contribution in [2.45, 2.75) is 0 Å². The lowest BCUT2D eigenvalue weighted by Crippen LogP contribution is -1.97. The van der Waals surface area contributed by atoms with E-state index in [-0.39, 0.29) is 5.88 Å². The summed E-state index contributed by atoms with van der Waals surface area (Å²) in [5.41, 5.74) is 1.75. The molecule has 1 aromatic carbocycles. The molecule has 76 valence electrons. The van der Waals surface area contributed by atoms with Gasteiger partial charge < -0.3 is 15.4 Å². The Labute approximate surface area is 86.2 Å². The lowest BCUT2D eigenvalue weighted by atomic mass is 10.1. The molecule has 0 radical (unpaired) electrons. The summed E-state index contributed by atoms with van der Waals surface area (Å²) in [5, 5.41) is 12.7. The molecule has 1 aromatic heterocycles. The smallest absolute Gasteiger partial charge is 0.211 e. The minimum absolute atomic E-state index is 0.134. The van der Waals surface area contributed by atoms with Gasteiger partial charge in [-0.1, -0.05) is 18.2 Å². The maximum absolute atomic E-state index is 10.1. The molecule has 0 bridgehead atoms. The van der Waals surface area contributed by atoms with Crippen LogP contribution in [0.5, 0.6) is 5.88 Å². The van der Waals surface area contributed by atoms with Crippen molar-refractivity contribution < 1.29 is 9.90 Å². The van der Waals surface area contributed by atoms with Gasteiger partial charge in [0.15, 0.2) is 5.88 Å². The summed E-state index contributed by atoms with van der Waals surface area (Å²) in [6.45, 7) is 0. The standard InChI is InChI=1S/C11H10N2O2/c14-7-12-5-4-8-2-1-3-9-6-10(15)13-11(8)9/h1-7,13,15H,(H,12,14). The molecule has 1 heterocycles. The first kappa shape index (κ1) is 9.33. The third-order valence-corrected chi connectivity index (χ3v) is 2.10. The van der Waals surface area contributed by atoms with Crippen molar-refractivity contribution in [3.63, 3.8) is 0 Å².